The lowest BCUT2D eigenvalue weighted by Crippen LogP contribution is -2.36. The van der Waals surface area contributed by atoms with Crippen LogP contribution in [-0.2, 0) is 10.0 Å². The molecule has 1 amide bonds. The molecule has 1 heterocycles. The summed E-state index contributed by atoms with van der Waals surface area (Å²) in [4.78, 5) is 15.1. The van der Waals surface area contributed by atoms with Gasteiger partial charge in [0, 0.05) is 12.1 Å². The van der Waals surface area contributed by atoms with E-state index in [4.69, 9.17) is 0 Å². The molecule has 1 aliphatic heterocycles. The largest absolute Gasteiger partial charge is 0.350 e. The second-order valence-electron chi connectivity index (χ2n) is 7.99. The van der Waals surface area contributed by atoms with Crippen LogP contribution < -0.4 is 10.0 Å². The number of benzene rings is 3. The summed E-state index contributed by atoms with van der Waals surface area (Å²) < 4.78 is 41.6. The summed E-state index contributed by atoms with van der Waals surface area (Å²) in [7, 11) is -4.06. The molecule has 3 aromatic rings. The van der Waals surface area contributed by atoms with Crippen molar-refractivity contribution in [3.8, 4) is 0 Å². The summed E-state index contributed by atoms with van der Waals surface area (Å²) in [6, 6.07) is 21.3. The lowest BCUT2D eigenvalue weighted by molar-refractivity contribution is 0.0937. The van der Waals surface area contributed by atoms with Crippen molar-refractivity contribution in [3.05, 3.63) is 95.8 Å². The van der Waals surface area contributed by atoms with Crippen LogP contribution in [0.4, 0.5) is 10.1 Å². The average molecular weight is 468 g/mol. The van der Waals surface area contributed by atoms with E-state index < -0.39 is 15.8 Å². The Balaban J connectivity index is 1.48. The topological polar surface area (TPSA) is 78.5 Å². The standard InChI is InChI=1S/C25H26FN3O3S/c26-22-13-4-5-14-23(22)28-33(31,32)21-12-8-11-20(17-21)25(30)27-18-24(29-15-6-7-16-29)19-9-2-1-3-10-19/h1-5,8-14,17,24,28H,6-7,15-16,18H2,(H,27,30). The molecule has 1 saturated heterocycles. The van der Waals surface area contributed by atoms with E-state index in [1.54, 1.807) is 6.07 Å². The summed E-state index contributed by atoms with van der Waals surface area (Å²) in [5.74, 6) is -1.04. The first kappa shape index (κ1) is 22.9. The van der Waals surface area contributed by atoms with Crippen LogP contribution in [0.15, 0.2) is 83.8 Å². The number of hydrogen-bond donors (Lipinski definition) is 2. The molecule has 2 N–H and O–H groups in total. The van der Waals surface area contributed by atoms with Gasteiger partial charge in [0.2, 0.25) is 0 Å². The number of halogens is 1. The van der Waals surface area contributed by atoms with Gasteiger partial charge in [-0.2, -0.15) is 0 Å². The molecule has 1 atom stereocenters. The molecule has 1 unspecified atom stereocenters. The molecule has 0 bridgehead atoms. The summed E-state index contributed by atoms with van der Waals surface area (Å²) in [5.41, 5.74) is 1.20. The van der Waals surface area contributed by atoms with Crippen LogP contribution in [0.2, 0.25) is 0 Å². The molecule has 1 fully saturated rings. The molecular weight excluding hydrogens is 441 g/mol. The van der Waals surface area contributed by atoms with Crippen molar-refractivity contribution in [3.63, 3.8) is 0 Å². The van der Waals surface area contributed by atoms with E-state index in [0.717, 1.165) is 31.5 Å². The van der Waals surface area contributed by atoms with E-state index in [2.05, 4.69) is 27.1 Å². The van der Waals surface area contributed by atoms with E-state index in [-0.39, 0.29) is 28.1 Å². The minimum atomic E-state index is -4.06. The third-order valence-corrected chi connectivity index (χ3v) is 7.11. The fourth-order valence-corrected chi connectivity index (χ4v) is 5.14. The zero-order chi connectivity index (χ0) is 23.3. The van der Waals surface area contributed by atoms with E-state index in [9.17, 15) is 17.6 Å². The molecule has 8 heteroatoms. The predicted octanol–water partition coefficient (Wildman–Crippen LogP) is 4.19. The number of carbonyl (C=O) groups excluding carboxylic acids is 1. The molecule has 0 saturated carbocycles. The van der Waals surface area contributed by atoms with Crippen LogP contribution in [0.5, 0.6) is 0 Å². The number of anilines is 1. The van der Waals surface area contributed by atoms with Crippen LogP contribution >= 0.6 is 0 Å². The van der Waals surface area contributed by atoms with Gasteiger partial charge in [-0.25, -0.2) is 12.8 Å². The molecular formula is C25H26FN3O3S. The van der Waals surface area contributed by atoms with Gasteiger partial charge in [0.1, 0.15) is 5.82 Å². The van der Waals surface area contributed by atoms with E-state index in [1.165, 1.54) is 42.5 Å². The molecule has 0 spiro atoms. The van der Waals surface area contributed by atoms with Crippen molar-refractivity contribution in [1.82, 2.24) is 10.2 Å². The van der Waals surface area contributed by atoms with Gasteiger partial charge in [-0.15, -0.1) is 0 Å². The second-order valence-corrected chi connectivity index (χ2v) is 9.68. The van der Waals surface area contributed by atoms with Gasteiger partial charge in [0.05, 0.1) is 16.6 Å². The Hall–Kier alpha value is -3.23. The maximum atomic E-state index is 13.9. The Morgan fingerprint density at radius 2 is 1.64 bits per heavy atom. The minimum Gasteiger partial charge on any atom is -0.350 e. The Morgan fingerprint density at radius 3 is 2.36 bits per heavy atom. The number of sulfonamides is 1. The van der Waals surface area contributed by atoms with Crippen molar-refractivity contribution < 1.29 is 17.6 Å². The number of likely N-dealkylation sites (tertiary alicyclic amines) is 1. The second kappa shape index (κ2) is 10.1. The molecule has 3 aromatic carbocycles. The van der Waals surface area contributed by atoms with Gasteiger partial charge in [-0.05, 0) is 61.8 Å². The van der Waals surface area contributed by atoms with Crippen molar-refractivity contribution >= 4 is 21.6 Å². The fraction of sp³-hybridized carbons (Fsp3) is 0.240. The summed E-state index contributed by atoms with van der Waals surface area (Å²) in [5, 5.41) is 2.96. The first-order valence-electron chi connectivity index (χ1n) is 10.9. The lowest BCUT2D eigenvalue weighted by atomic mass is 10.1. The van der Waals surface area contributed by atoms with Gasteiger partial charge in [0.25, 0.3) is 15.9 Å². The van der Waals surface area contributed by atoms with Crippen LogP contribution in [0.3, 0.4) is 0 Å². The quantitative estimate of drug-likeness (QED) is 0.521. The van der Waals surface area contributed by atoms with Gasteiger partial charge >= 0.3 is 0 Å². The highest BCUT2D eigenvalue weighted by Crippen LogP contribution is 2.25. The number of hydrogen-bond acceptors (Lipinski definition) is 4. The predicted molar refractivity (Wildman–Crippen MR) is 126 cm³/mol. The maximum Gasteiger partial charge on any atom is 0.262 e. The fourth-order valence-electron chi connectivity index (χ4n) is 4.03. The van der Waals surface area contributed by atoms with Crippen molar-refractivity contribution in [2.45, 2.75) is 23.8 Å². The van der Waals surface area contributed by atoms with E-state index in [1.807, 2.05) is 18.2 Å². The van der Waals surface area contributed by atoms with Crippen LogP contribution in [0.25, 0.3) is 0 Å². The van der Waals surface area contributed by atoms with Gasteiger partial charge in [-0.3, -0.25) is 14.4 Å². The third kappa shape index (κ3) is 5.58. The van der Waals surface area contributed by atoms with Gasteiger partial charge in [-0.1, -0.05) is 48.5 Å². The number of carbonyl (C=O) groups is 1. The Labute approximate surface area is 193 Å². The molecule has 0 radical (unpaired) electrons. The molecule has 172 valence electrons. The first-order chi connectivity index (χ1) is 15.9. The number of para-hydroxylation sites is 1. The molecule has 6 nitrogen and oxygen atoms in total. The highest BCUT2D eigenvalue weighted by molar-refractivity contribution is 7.92. The smallest absolute Gasteiger partial charge is 0.262 e. The molecule has 0 aromatic heterocycles. The Morgan fingerprint density at radius 1 is 0.939 bits per heavy atom. The van der Waals surface area contributed by atoms with Crippen molar-refractivity contribution in [2.24, 2.45) is 0 Å². The lowest BCUT2D eigenvalue weighted by Gasteiger charge is -2.28. The average Bonchev–Trinajstić information content (AvgIpc) is 3.36. The van der Waals surface area contributed by atoms with E-state index >= 15 is 0 Å². The number of amides is 1. The monoisotopic (exact) mass is 467 g/mol. The first-order valence-corrected chi connectivity index (χ1v) is 12.4. The number of nitrogens with zero attached hydrogens (tertiary/aromatic N) is 1. The molecule has 1 aliphatic rings. The van der Waals surface area contributed by atoms with Crippen molar-refractivity contribution in [1.29, 1.82) is 0 Å². The third-order valence-electron chi connectivity index (χ3n) is 5.75. The van der Waals surface area contributed by atoms with Gasteiger partial charge < -0.3 is 5.32 Å². The van der Waals surface area contributed by atoms with Crippen LogP contribution in [-0.4, -0.2) is 38.9 Å². The highest BCUT2D eigenvalue weighted by atomic mass is 32.2. The maximum absolute atomic E-state index is 13.9. The highest BCUT2D eigenvalue weighted by Gasteiger charge is 2.24. The van der Waals surface area contributed by atoms with E-state index in [0.29, 0.717) is 6.54 Å². The zero-order valence-corrected chi connectivity index (χ0v) is 18.9. The Kier molecular flexibility index (Phi) is 7.05. The summed E-state index contributed by atoms with van der Waals surface area (Å²) in [6.07, 6.45) is 2.26. The van der Waals surface area contributed by atoms with Crippen LogP contribution in [0, 0.1) is 5.82 Å². The summed E-state index contributed by atoms with van der Waals surface area (Å²) in [6.45, 7) is 2.36. The number of nitrogens with one attached hydrogen (secondary N) is 2. The summed E-state index contributed by atoms with van der Waals surface area (Å²) >= 11 is 0. The normalized spacial score (nSPS) is 15.2. The molecule has 4 rings (SSSR count). The SMILES string of the molecule is O=C(NCC(c1ccccc1)N1CCCC1)c1cccc(S(=O)(=O)Nc2ccccc2F)c1. The van der Waals surface area contributed by atoms with Gasteiger partial charge in [0.15, 0.2) is 0 Å². The van der Waals surface area contributed by atoms with Crippen LogP contribution in [0.1, 0.15) is 34.8 Å². The molecule has 0 aliphatic carbocycles. The molecule has 33 heavy (non-hydrogen) atoms. The van der Waals surface area contributed by atoms with Crippen molar-refractivity contribution in [2.75, 3.05) is 24.4 Å². The zero-order valence-electron chi connectivity index (χ0n) is 18.1. The minimum absolute atomic E-state index is 0.0484. The Bertz CT molecular complexity index is 1210. The number of rotatable bonds is 8.